The second kappa shape index (κ2) is 6.50. The van der Waals surface area contributed by atoms with Gasteiger partial charge in [0.1, 0.15) is 6.04 Å². The van der Waals surface area contributed by atoms with E-state index < -0.39 is 6.04 Å². The molecule has 1 saturated heterocycles. The zero-order valence-corrected chi connectivity index (χ0v) is 12.0. The SMILES string of the molecule is CC(C)C1NC(=O)CCN(CCc2cccnc2)C1=O. The highest BCUT2D eigenvalue weighted by atomic mass is 16.2. The highest BCUT2D eigenvalue weighted by Gasteiger charge is 2.31. The van der Waals surface area contributed by atoms with Crippen LogP contribution in [0.15, 0.2) is 24.5 Å². The van der Waals surface area contributed by atoms with E-state index in [0.717, 1.165) is 12.0 Å². The Morgan fingerprint density at radius 1 is 1.45 bits per heavy atom. The average Bonchev–Trinajstić information content (AvgIpc) is 2.58. The number of hydrogen-bond acceptors (Lipinski definition) is 3. The van der Waals surface area contributed by atoms with Crippen LogP contribution in [0, 0.1) is 5.92 Å². The van der Waals surface area contributed by atoms with Crippen LogP contribution in [0.2, 0.25) is 0 Å². The molecular weight excluding hydrogens is 254 g/mol. The number of aromatic nitrogens is 1. The molecule has 0 saturated carbocycles. The van der Waals surface area contributed by atoms with Gasteiger partial charge in [0.15, 0.2) is 0 Å². The normalized spacial score (nSPS) is 19.9. The maximum atomic E-state index is 12.4. The molecule has 2 rings (SSSR count). The number of nitrogens with one attached hydrogen (secondary N) is 1. The van der Waals surface area contributed by atoms with Gasteiger partial charge in [0.05, 0.1) is 0 Å². The van der Waals surface area contributed by atoms with Crippen molar-refractivity contribution in [1.82, 2.24) is 15.2 Å². The Morgan fingerprint density at radius 3 is 2.90 bits per heavy atom. The lowest BCUT2D eigenvalue weighted by Gasteiger charge is -2.26. The predicted molar refractivity (Wildman–Crippen MR) is 75.9 cm³/mol. The Labute approximate surface area is 119 Å². The summed E-state index contributed by atoms with van der Waals surface area (Å²) < 4.78 is 0. The Balaban J connectivity index is 2.02. The van der Waals surface area contributed by atoms with E-state index in [4.69, 9.17) is 0 Å². The summed E-state index contributed by atoms with van der Waals surface area (Å²) in [7, 11) is 0. The van der Waals surface area contributed by atoms with E-state index in [1.807, 2.05) is 32.2 Å². The first kappa shape index (κ1) is 14.5. The number of hydrogen-bond donors (Lipinski definition) is 1. The Morgan fingerprint density at radius 2 is 2.25 bits per heavy atom. The van der Waals surface area contributed by atoms with Crippen LogP contribution < -0.4 is 5.32 Å². The van der Waals surface area contributed by atoms with Gasteiger partial charge in [-0.25, -0.2) is 0 Å². The topological polar surface area (TPSA) is 62.3 Å². The molecule has 0 radical (unpaired) electrons. The lowest BCUT2D eigenvalue weighted by molar-refractivity contribution is -0.134. The van der Waals surface area contributed by atoms with Crippen LogP contribution in [-0.2, 0) is 16.0 Å². The molecule has 0 aromatic carbocycles. The highest BCUT2D eigenvalue weighted by molar-refractivity contribution is 5.90. The second-order valence-corrected chi connectivity index (χ2v) is 5.48. The van der Waals surface area contributed by atoms with Crippen LogP contribution in [0.3, 0.4) is 0 Å². The van der Waals surface area contributed by atoms with Crippen molar-refractivity contribution in [3.05, 3.63) is 30.1 Å². The minimum Gasteiger partial charge on any atom is -0.344 e. The van der Waals surface area contributed by atoms with Crippen LogP contribution in [0.25, 0.3) is 0 Å². The molecule has 2 heterocycles. The van der Waals surface area contributed by atoms with Crippen LogP contribution in [0.4, 0.5) is 0 Å². The summed E-state index contributed by atoms with van der Waals surface area (Å²) in [5, 5.41) is 2.81. The van der Waals surface area contributed by atoms with Crippen LogP contribution in [0.1, 0.15) is 25.8 Å². The molecule has 0 bridgehead atoms. The zero-order valence-electron chi connectivity index (χ0n) is 12.0. The predicted octanol–water partition coefficient (Wildman–Crippen LogP) is 0.997. The molecule has 5 nitrogen and oxygen atoms in total. The Bertz CT molecular complexity index is 473. The summed E-state index contributed by atoms with van der Waals surface area (Å²) in [5.41, 5.74) is 1.10. The molecule has 0 spiro atoms. The third kappa shape index (κ3) is 3.56. The summed E-state index contributed by atoms with van der Waals surface area (Å²) in [4.78, 5) is 30.0. The standard InChI is InChI=1S/C15H21N3O2/c1-11(2)14-15(20)18(9-6-13(19)17-14)8-5-12-4-3-7-16-10-12/h3-4,7,10-11,14H,5-6,8-9H2,1-2H3,(H,17,19). The molecule has 1 atom stereocenters. The van der Waals surface area contributed by atoms with E-state index in [0.29, 0.717) is 19.5 Å². The van der Waals surface area contributed by atoms with Crippen molar-refractivity contribution in [2.45, 2.75) is 32.7 Å². The van der Waals surface area contributed by atoms with Gasteiger partial charge in [-0.3, -0.25) is 14.6 Å². The molecule has 5 heteroatoms. The van der Waals surface area contributed by atoms with Crippen molar-refractivity contribution in [2.24, 2.45) is 5.92 Å². The zero-order chi connectivity index (χ0) is 14.5. The molecule has 2 amide bonds. The fourth-order valence-electron chi connectivity index (χ4n) is 2.33. The molecule has 0 aliphatic carbocycles. The maximum absolute atomic E-state index is 12.4. The summed E-state index contributed by atoms with van der Waals surface area (Å²) >= 11 is 0. The number of nitrogens with zero attached hydrogens (tertiary/aromatic N) is 2. The van der Waals surface area contributed by atoms with Crippen molar-refractivity contribution in [1.29, 1.82) is 0 Å². The highest BCUT2D eigenvalue weighted by Crippen LogP contribution is 2.12. The lowest BCUT2D eigenvalue weighted by Crippen LogP contribution is -2.48. The molecular formula is C15H21N3O2. The summed E-state index contributed by atoms with van der Waals surface area (Å²) in [6.45, 7) is 5.03. The van der Waals surface area contributed by atoms with Gasteiger partial charge in [-0.2, -0.15) is 0 Å². The minimum atomic E-state index is -0.404. The van der Waals surface area contributed by atoms with E-state index in [1.165, 1.54) is 0 Å². The van der Waals surface area contributed by atoms with Gasteiger partial charge < -0.3 is 10.2 Å². The first-order valence-electron chi connectivity index (χ1n) is 7.05. The van der Waals surface area contributed by atoms with Crippen LogP contribution in [0.5, 0.6) is 0 Å². The third-order valence-electron chi connectivity index (χ3n) is 3.56. The number of carbonyl (C=O) groups excluding carboxylic acids is 2. The van der Waals surface area contributed by atoms with E-state index in [2.05, 4.69) is 10.3 Å². The second-order valence-electron chi connectivity index (χ2n) is 5.48. The van der Waals surface area contributed by atoms with Crippen molar-refractivity contribution >= 4 is 11.8 Å². The summed E-state index contributed by atoms with van der Waals surface area (Å²) in [6.07, 6.45) is 4.68. The molecule has 108 valence electrons. The first-order valence-corrected chi connectivity index (χ1v) is 7.05. The summed E-state index contributed by atoms with van der Waals surface area (Å²) in [5.74, 6) is 0.0844. The van der Waals surface area contributed by atoms with E-state index in [9.17, 15) is 9.59 Å². The smallest absolute Gasteiger partial charge is 0.245 e. The fourth-order valence-corrected chi connectivity index (χ4v) is 2.33. The van der Waals surface area contributed by atoms with Crippen molar-refractivity contribution < 1.29 is 9.59 Å². The van der Waals surface area contributed by atoms with E-state index in [1.54, 1.807) is 11.1 Å². The van der Waals surface area contributed by atoms with Crippen molar-refractivity contribution in [3.8, 4) is 0 Å². The number of carbonyl (C=O) groups is 2. The number of pyridine rings is 1. The molecule has 20 heavy (non-hydrogen) atoms. The molecule has 1 unspecified atom stereocenters. The maximum Gasteiger partial charge on any atom is 0.245 e. The Kier molecular flexibility index (Phi) is 4.71. The minimum absolute atomic E-state index is 0.0229. The van der Waals surface area contributed by atoms with Crippen molar-refractivity contribution in [2.75, 3.05) is 13.1 Å². The van der Waals surface area contributed by atoms with Gasteiger partial charge in [0.2, 0.25) is 11.8 Å². The molecule has 1 fully saturated rings. The average molecular weight is 275 g/mol. The summed E-state index contributed by atoms with van der Waals surface area (Å²) in [6, 6.07) is 3.49. The molecule has 1 aliphatic heterocycles. The van der Waals surface area contributed by atoms with Crippen LogP contribution in [-0.4, -0.2) is 40.8 Å². The van der Waals surface area contributed by atoms with Gasteiger partial charge in [0, 0.05) is 31.9 Å². The largest absolute Gasteiger partial charge is 0.344 e. The molecule has 1 aromatic heterocycles. The van der Waals surface area contributed by atoms with Gasteiger partial charge in [-0.1, -0.05) is 19.9 Å². The van der Waals surface area contributed by atoms with Crippen molar-refractivity contribution in [3.63, 3.8) is 0 Å². The van der Waals surface area contributed by atoms with Gasteiger partial charge in [-0.05, 0) is 24.0 Å². The Hall–Kier alpha value is -1.91. The molecule has 1 aromatic rings. The van der Waals surface area contributed by atoms with E-state index >= 15 is 0 Å². The molecule has 1 N–H and O–H groups in total. The first-order chi connectivity index (χ1) is 9.58. The lowest BCUT2D eigenvalue weighted by atomic mass is 10.0. The molecule has 1 aliphatic rings. The number of amides is 2. The van der Waals surface area contributed by atoms with E-state index in [-0.39, 0.29) is 17.7 Å². The quantitative estimate of drug-likeness (QED) is 0.891. The monoisotopic (exact) mass is 275 g/mol. The number of rotatable bonds is 4. The third-order valence-corrected chi connectivity index (χ3v) is 3.56. The van der Waals surface area contributed by atoms with Crippen LogP contribution >= 0.6 is 0 Å². The van der Waals surface area contributed by atoms with Gasteiger partial charge in [0.25, 0.3) is 0 Å². The van der Waals surface area contributed by atoms with Gasteiger partial charge in [-0.15, -0.1) is 0 Å². The fraction of sp³-hybridized carbons (Fsp3) is 0.533. The van der Waals surface area contributed by atoms with Gasteiger partial charge >= 0.3 is 0 Å².